The Hall–Kier alpha value is -4.22. The Labute approximate surface area is 232 Å². The van der Waals surface area contributed by atoms with Gasteiger partial charge in [-0.15, -0.1) is 0 Å². The van der Waals surface area contributed by atoms with E-state index in [4.69, 9.17) is 12.2 Å². The fraction of sp³-hybridized carbons (Fsp3) is 0.179. The van der Waals surface area contributed by atoms with Crippen LogP contribution in [0.15, 0.2) is 79.0 Å². The number of hydrogen-bond acceptors (Lipinski definition) is 5. The lowest BCUT2D eigenvalue weighted by atomic mass is 9.96. The maximum atomic E-state index is 12.0. The number of thiocarbonyl (C=S) groups is 1. The van der Waals surface area contributed by atoms with Crippen molar-refractivity contribution in [3.05, 3.63) is 107 Å². The van der Waals surface area contributed by atoms with Crippen LogP contribution in [-0.4, -0.2) is 40.4 Å². The summed E-state index contributed by atoms with van der Waals surface area (Å²) >= 11 is 5.82. The van der Waals surface area contributed by atoms with E-state index in [9.17, 15) is 18.3 Å². The third-order valence-electron chi connectivity index (χ3n) is 6.71. The monoisotopic (exact) mass is 561 g/mol. The molecule has 5 rings (SSSR count). The second-order valence-corrected chi connectivity index (χ2v) is 11.5. The lowest BCUT2D eigenvalue weighted by Gasteiger charge is -2.28. The van der Waals surface area contributed by atoms with Crippen LogP contribution in [0.1, 0.15) is 45.1 Å². The molecule has 2 aromatic carbocycles. The van der Waals surface area contributed by atoms with Crippen LogP contribution in [0.3, 0.4) is 0 Å². The lowest BCUT2D eigenvalue weighted by molar-refractivity contribution is 0.0697. The molecule has 3 N–H and O–H groups in total. The smallest absolute Gasteiger partial charge is 0.337 e. The number of nitrogens with one attached hydrogen (secondary N) is 2. The average molecular weight is 562 g/mol. The first kappa shape index (κ1) is 26.4. The van der Waals surface area contributed by atoms with E-state index in [1.54, 1.807) is 36.5 Å². The van der Waals surface area contributed by atoms with Gasteiger partial charge in [0.1, 0.15) is 0 Å². The van der Waals surface area contributed by atoms with Crippen LogP contribution in [0.25, 0.3) is 5.69 Å². The molecule has 0 aliphatic carbocycles. The van der Waals surface area contributed by atoms with Crippen molar-refractivity contribution >= 4 is 44.7 Å². The van der Waals surface area contributed by atoms with Crippen LogP contribution in [0, 0.1) is 13.8 Å². The van der Waals surface area contributed by atoms with Crippen LogP contribution >= 0.6 is 12.2 Å². The number of rotatable bonds is 7. The van der Waals surface area contributed by atoms with Gasteiger partial charge >= 0.3 is 5.97 Å². The van der Waals surface area contributed by atoms with Gasteiger partial charge in [0, 0.05) is 29.0 Å². The number of hydrogen-bond donors (Lipinski definition) is 3. The topological polar surface area (TPSA) is 117 Å². The van der Waals surface area contributed by atoms with Crippen molar-refractivity contribution < 1.29 is 18.3 Å². The summed E-state index contributed by atoms with van der Waals surface area (Å²) in [4.78, 5) is 18.6. The quantitative estimate of drug-likeness (QED) is 0.277. The summed E-state index contributed by atoms with van der Waals surface area (Å²) in [5.41, 5.74) is 5.51. The first-order valence-electron chi connectivity index (χ1n) is 12.1. The van der Waals surface area contributed by atoms with E-state index in [0.29, 0.717) is 16.5 Å². The molecule has 0 saturated carbocycles. The van der Waals surface area contributed by atoms with Gasteiger partial charge in [-0.3, -0.25) is 9.71 Å². The van der Waals surface area contributed by atoms with Gasteiger partial charge in [-0.05, 0) is 86.2 Å². The van der Waals surface area contributed by atoms with Gasteiger partial charge in [-0.1, -0.05) is 18.2 Å². The van der Waals surface area contributed by atoms with Crippen LogP contribution in [0.2, 0.25) is 0 Å². The number of anilines is 2. The minimum atomic E-state index is -3.42. The number of aryl methyl sites for hydroxylation is 1. The highest BCUT2D eigenvalue weighted by molar-refractivity contribution is 7.92. The third kappa shape index (κ3) is 5.10. The van der Waals surface area contributed by atoms with Crippen molar-refractivity contribution in [3.8, 4) is 5.69 Å². The summed E-state index contributed by atoms with van der Waals surface area (Å²) in [6.45, 7) is 3.91. The Morgan fingerprint density at radius 1 is 1.05 bits per heavy atom. The molecule has 2 aromatic heterocycles. The molecule has 1 aliphatic heterocycles. The first-order chi connectivity index (χ1) is 18.5. The number of carboxylic acid groups (broad SMARTS) is 1. The van der Waals surface area contributed by atoms with E-state index in [0.717, 1.165) is 34.6 Å². The van der Waals surface area contributed by atoms with E-state index in [-0.39, 0.29) is 17.6 Å². The molecule has 9 nitrogen and oxygen atoms in total. The number of pyridine rings is 1. The zero-order chi connectivity index (χ0) is 27.9. The summed E-state index contributed by atoms with van der Waals surface area (Å²) in [5, 5.41) is 13.8. The van der Waals surface area contributed by atoms with Crippen LogP contribution in [0.5, 0.6) is 0 Å². The summed E-state index contributed by atoms with van der Waals surface area (Å²) in [7, 11) is -3.42. The van der Waals surface area contributed by atoms with Gasteiger partial charge in [0.15, 0.2) is 5.11 Å². The first-order valence-corrected chi connectivity index (χ1v) is 14.4. The fourth-order valence-corrected chi connectivity index (χ4v) is 6.07. The van der Waals surface area contributed by atoms with Crippen molar-refractivity contribution in [1.29, 1.82) is 0 Å². The average Bonchev–Trinajstić information content (AvgIpc) is 3.39. The Morgan fingerprint density at radius 2 is 1.74 bits per heavy atom. The molecule has 1 aliphatic rings. The summed E-state index contributed by atoms with van der Waals surface area (Å²) in [6.07, 6.45) is 2.84. The van der Waals surface area contributed by atoms with Crippen molar-refractivity contribution in [2.75, 3.05) is 15.9 Å². The number of carbonyl (C=O) groups is 1. The SMILES string of the molecule is Cc1cc([C@H]2[C@H](c3ccccn3)NC(=S)N2c2ccc(NS(C)(=O)=O)cc2)c(C)n1-c1ccccc1C(=O)O. The second kappa shape index (κ2) is 10.2. The second-order valence-electron chi connectivity index (χ2n) is 9.40. The minimum Gasteiger partial charge on any atom is -0.478 e. The van der Waals surface area contributed by atoms with Crippen LogP contribution in [0.4, 0.5) is 11.4 Å². The molecule has 200 valence electrons. The number of aromatic carboxylic acids is 1. The summed E-state index contributed by atoms with van der Waals surface area (Å²) in [5.74, 6) is -1.00. The maximum Gasteiger partial charge on any atom is 0.337 e. The highest BCUT2D eigenvalue weighted by Gasteiger charge is 2.42. The molecule has 1 fully saturated rings. The number of sulfonamides is 1. The molecular formula is C28H27N5O4S2. The summed E-state index contributed by atoms with van der Waals surface area (Å²) < 4.78 is 27.8. The van der Waals surface area contributed by atoms with Crippen LogP contribution < -0.4 is 14.9 Å². The zero-order valence-corrected chi connectivity index (χ0v) is 23.1. The number of carboxylic acids is 1. The predicted molar refractivity (Wildman–Crippen MR) is 155 cm³/mol. The molecule has 2 atom stereocenters. The largest absolute Gasteiger partial charge is 0.478 e. The normalized spacial score (nSPS) is 17.2. The molecule has 0 spiro atoms. The Balaban J connectivity index is 1.65. The van der Waals surface area contributed by atoms with Gasteiger partial charge in [0.2, 0.25) is 10.0 Å². The highest BCUT2D eigenvalue weighted by Crippen LogP contribution is 2.44. The maximum absolute atomic E-state index is 12.0. The third-order valence-corrected chi connectivity index (χ3v) is 7.63. The molecule has 1 saturated heterocycles. The van der Waals surface area contributed by atoms with Crippen molar-refractivity contribution in [2.24, 2.45) is 0 Å². The molecule has 4 aromatic rings. The van der Waals surface area contributed by atoms with Gasteiger partial charge in [-0.2, -0.15) is 0 Å². The molecular weight excluding hydrogens is 534 g/mol. The van der Waals surface area contributed by atoms with E-state index in [1.807, 2.05) is 59.7 Å². The van der Waals surface area contributed by atoms with Gasteiger partial charge in [-0.25, -0.2) is 13.2 Å². The number of benzene rings is 2. The highest BCUT2D eigenvalue weighted by atomic mass is 32.2. The number of para-hydroxylation sites is 1. The molecule has 0 amide bonds. The van der Waals surface area contributed by atoms with Crippen LogP contribution in [-0.2, 0) is 10.0 Å². The Bertz CT molecular complexity index is 1670. The molecule has 11 heteroatoms. The molecule has 3 heterocycles. The molecule has 0 radical (unpaired) electrons. The Morgan fingerprint density at radius 3 is 2.38 bits per heavy atom. The number of aromatic nitrogens is 2. The van der Waals surface area contributed by atoms with E-state index in [2.05, 4.69) is 21.1 Å². The summed E-state index contributed by atoms with van der Waals surface area (Å²) in [6, 6.07) is 21.1. The number of nitrogens with zero attached hydrogens (tertiary/aromatic N) is 3. The van der Waals surface area contributed by atoms with Gasteiger partial charge in [0.05, 0.1) is 35.3 Å². The van der Waals surface area contributed by atoms with Gasteiger partial charge < -0.3 is 19.9 Å². The molecule has 0 unspecified atom stereocenters. The lowest BCUT2D eigenvalue weighted by Crippen LogP contribution is -2.29. The van der Waals surface area contributed by atoms with E-state index < -0.39 is 16.0 Å². The van der Waals surface area contributed by atoms with Crippen molar-refractivity contribution in [2.45, 2.75) is 25.9 Å². The van der Waals surface area contributed by atoms with E-state index >= 15 is 0 Å². The fourth-order valence-electron chi connectivity index (χ4n) is 5.16. The standard InChI is InChI=1S/C28H27N5O4S2/c1-17-16-22(18(2)32(17)24-10-5-4-8-21(24)27(34)35)26-25(23-9-6-7-15-29-23)30-28(38)33(26)20-13-11-19(12-14-20)31-39(3,36)37/h4-16,25-26,31H,1-3H3,(H,30,38)(H,34,35)/t25-,26-/m0/s1. The van der Waals surface area contributed by atoms with Crippen molar-refractivity contribution in [3.63, 3.8) is 0 Å². The van der Waals surface area contributed by atoms with Crippen molar-refractivity contribution in [1.82, 2.24) is 14.9 Å². The zero-order valence-electron chi connectivity index (χ0n) is 21.5. The molecule has 39 heavy (non-hydrogen) atoms. The van der Waals surface area contributed by atoms with E-state index in [1.165, 1.54) is 0 Å². The predicted octanol–water partition coefficient (Wildman–Crippen LogP) is 4.74. The Kier molecular flexibility index (Phi) is 6.87. The van der Waals surface area contributed by atoms with Gasteiger partial charge in [0.25, 0.3) is 0 Å². The minimum absolute atomic E-state index is 0.206. The molecule has 0 bridgehead atoms.